The number of hydrogen-bond acceptors (Lipinski definition) is 7. The van der Waals surface area contributed by atoms with Crippen LogP contribution in [0, 0.1) is 0 Å². The van der Waals surface area contributed by atoms with Crippen LogP contribution in [0.3, 0.4) is 0 Å². The summed E-state index contributed by atoms with van der Waals surface area (Å²) in [6.45, 7) is 5.46. The number of nitrogens with one attached hydrogen (secondary N) is 2. The second-order valence-corrected chi connectivity index (χ2v) is 7.32. The lowest BCUT2D eigenvalue weighted by Gasteiger charge is -2.27. The van der Waals surface area contributed by atoms with Gasteiger partial charge in [0.25, 0.3) is 5.56 Å². The van der Waals surface area contributed by atoms with Gasteiger partial charge < -0.3 is 15.0 Å². The number of fused-ring (bicyclic) bond motifs is 1. The monoisotopic (exact) mass is 375 g/mol. The number of esters is 1. The molecule has 0 bridgehead atoms. The summed E-state index contributed by atoms with van der Waals surface area (Å²) in [7, 11) is 1.33. The van der Waals surface area contributed by atoms with Gasteiger partial charge in [0.05, 0.1) is 24.2 Å². The Bertz CT molecular complexity index is 900. The van der Waals surface area contributed by atoms with Crippen molar-refractivity contribution < 1.29 is 9.53 Å². The van der Waals surface area contributed by atoms with Crippen LogP contribution >= 0.6 is 23.1 Å². The number of aromatic nitrogens is 2. The third-order valence-corrected chi connectivity index (χ3v) is 5.60. The molecule has 0 fully saturated rings. The molecule has 0 spiro atoms. The van der Waals surface area contributed by atoms with Crippen molar-refractivity contribution >= 4 is 34.9 Å². The van der Waals surface area contributed by atoms with Crippen LogP contribution in [0.1, 0.15) is 23.3 Å². The summed E-state index contributed by atoms with van der Waals surface area (Å²) in [5.74, 6) is 0.147. The Hall–Kier alpha value is -2.32. The summed E-state index contributed by atoms with van der Waals surface area (Å²) in [5, 5.41) is 5.51. The highest BCUT2D eigenvalue weighted by atomic mass is 32.2. The van der Waals surface area contributed by atoms with Crippen molar-refractivity contribution in [3.8, 4) is 0 Å². The van der Waals surface area contributed by atoms with E-state index in [9.17, 15) is 9.59 Å². The Kier molecular flexibility index (Phi) is 5.10. The summed E-state index contributed by atoms with van der Waals surface area (Å²) in [6.07, 6.45) is 1.74. The highest BCUT2D eigenvalue weighted by Gasteiger charge is 2.36. The van der Waals surface area contributed by atoms with E-state index in [1.54, 1.807) is 13.0 Å². The number of allylic oxidation sites excluding steroid dienone is 1. The van der Waals surface area contributed by atoms with Gasteiger partial charge in [-0.2, -0.15) is 0 Å². The van der Waals surface area contributed by atoms with Gasteiger partial charge in [0.1, 0.15) is 5.82 Å². The minimum atomic E-state index is -0.501. The van der Waals surface area contributed by atoms with E-state index in [2.05, 4.69) is 21.9 Å². The first kappa shape index (κ1) is 17.5. The van der Waals surface area contributed by atoms with Crippen LogP contribution < -0.4 is 10.9 Å². The number of thioether (sulfide) groups is 1. The molecule has 0 aromatic carbocycles. The van der Waals surface area contributed by atoms with E-state index in [1.807, 2.05) is 17.5 Å². The standard InChI is InChI=1S/C17H17N3O3S2/c1-4-7-25-17-19-14-13(15(21)20-17)12(10-6-5-8-24-10)11(9(2)18-14)16(22)23-3/h4-6,8,12H,1,7H2,2-3H3,(H2,18,19,20,21)/t12-/m0/s1. The molecule has 130 valence electrons. The largest absolute Gasteiger partial charge is 0.466 e. The molecule has 0 radical (unpaired) electrons. The van der Waals surface area contributed by atoms with Crippen LogP contribution in [0.25, 0.3) is 0 Å². The fourth-order valence-electron chi connectivity index (χ4n) is 2.76. The maximum atomic E-state index is 12.8. The van der Waals surface area contributed by atoms with Crippen molar-refractivity contribution in [3.63, 3.8) is 0 Å². The van der Waals surface area contributed by atoms with E-state index >= 15 is 0 Å². The van der Waals surface area contributed by atoms with Gasteiger partial charge in [0.2, 0.25) is 0 Å². The van der Waals surface area contributed by atoms with Crippen LogP contribution in [0.15, 0.2) is 51.4 Å². The molecular formula is C17H17N3O3S2. The summed E-state index contributed by atoms with van der Waals surface area (Å²) < 4.78 is 4.94. The Morgan fingerprint density at radius 1 is 1.56 bits per heavy atom. The van der Waals surface area contributed by atoms with Gasteiger partial charge in [-0.15, -0.1) is 17.9 Å². The molecule has 2 N–H and O–H groups in total. The van der Waals surface area contributed by atoms with Crippen LogP contribution in [-0.4, -0.2) is 28.8 Å². The molecule has 2 aromatic heterocycles. The number of anilines is 1. The number of H-pyrrole nitrogens is 1. The normalized spacial score (nSPS) is 16.2. The zero-order valence-corrected chi connectivity index (χ0v) is 15.4. The number of rotatable bonds is 5. The predicted octanol–water partition coefficient (Wildman–Crippen LogP) is 3.11. The van der Waals surface area contributed by atoms with Crippen LogP contribution in [-0.2, 0) is 9.53 Å². The SMILES string of the molecule is C=CCSc1nc2c(c(=O)[nH]1)[C@@H](c1cccs1)C(C(=O)OC)=C(C)N2. The molecule has 0 saturated carbocycles. The van der Waals surface area contributed by atoms with E-state index in [0.29, 0.717) is 33.6 Å². The summed E-state index contributed by atoms with van der Waals surface area (Å²) in [4.78, 5) is 33.3. The van der Waals surface area contributed by atoms with Crippen molar-refractivity contribution in [1.29, 1.82) is 0 Å². The van der Waals surface area contributed by atoms with E-state index < -0.39 is 11.9 Å². The smallest absolute Gasteiger partial charge is 0.336 e. The molecule has 25 heavy (non-hydrogen) atoms. The first-order valence-corrected chi connectivity index (χ1v) is 9.40. The van der Waals surface area contributed by atoms with E-state index in [0.717, 1.165) is 4.88 Å². The number of thiophene rings is 1. The lowest BCUT2D eigenvalue weighted by Crippen LogP contribution is -2.30. The summed E-state index contributed by atoms with van der Waals surface area (Å²) in [5.41, 5.74) is 1.22. The lowest BCUT2D eigenvalue weighted by molar-refractivity contribution is -0.136. The number of hydrogen-bond donors (Lipinski definition) is 2. The summed E-state index contributed by atoms with van der Waals surface area (Å²) >= 11 is 2.87. The molecule has 1 atom stereocenters. The molecule has 3 heterocycles. The molecule has 0 amide bonds. The number of carbonyl (C=O) groups excluding carboxylic acids is 1. The molecule has 6 nitrogen and oxygen atoms in total. The number of nitrogens with zero attached hydrogens (tertiary/aromatic N) is 1. The predicted molar refractivity (Wildman–Crippen MR) is 100 cm³/mol. The summed E-state index contributed by atoms with van der Waals surface area (Å²) in [6, 6.07) is 3.79. The second-order valence-electron chi connectivity index (χ2n) is 5.34. The van der Waals surface area contributed by atoms with Gasteiger partial charge in [-0.25, -0.2) is 9.78 Å². The average molecular weight is 375 g/mol. The highest BCUT2D eigenvalue weighted by Crippen LogP contribution is 2.41. The second kappa shape index (κ2) is 7.28. The minimum Gasteiger partial charge on any atom is -0.466 e. The average Bonchev–Trinajstić information content (AvgIpc) is 3.12. The number of methoxy groups -OCH3 is 1. The molecule has 1 aliphatic heterocycles. The molecule has 8 heteroatoms. The van der Waals surface area contributed by atoms with Crippen molar-refractivity contribution in [2.24, 2.45) is 0 Å². The fraction of sp³-hybridized carbons (Fsp3) is 0.235. The van der Waals surface area contributed by atoms with Gasteiger partial charge >= 0.3 is 5.97 Å². The number of carbonyl (C=O) groups is 1. The molecular weight excluding hydrogens is 358 g/mol. The molecule has 0 unspecified atom stereocenters. The maximum absolute atomic E-state index is 12.8. The first-order chi connectivity index (χ1) is 12.1. The third kappa shape index (κ3) is 3.27. The Morgan fingerprint density at radius 2 is 2.36 bits per heavy atom. The Balaban J connectivity index is 2.18. The quantitative estimate of drug-likeness (QED) is 0.362. The fourth-order valence-corrected chi connectivity index (χ4v) is 4.20. The van der Waals surface area contributed by atoms with Crippen LogP contribution in [0.5, 0.6) is 0 Å². The zero-order chi connectivity index (χ0) is 18.0. The van der Waals surface area contributed by atoms with E-state index in [1.165, 1.54) is 30.2 Å². The van der Waals surface area contributed by atoms with Crippen LogP contribution in [0.4, 0.5) is 5.82 Å². The van der Waals surface area contributed by atoms with Crippen LogP contribution in [0.2, 0.25) is 0 Å². The van der Waals surface area contributed by atoms with Crippen molar-refractivity contribution in [2.75, 3.05) is 18.2 Å². The molecule has 0 aliphatic carbocycles. The van der Waals surface area contributed by atoms with Crippen molar-refractivity contribution in [2.45, 2.75) is 18.0 Å². The van der Waals surface area contributed by atoms with Gasteiger partial charge in [0.15, 0.2) is 5.16 Å². The van der Waals surface area contributed by atoms with Gasteiger partial charge in [-0.1, -0.05) is 23.9 Å². The first-order valence-electron chi connectivity index (χ1n) is 7.54. The molecule has 1 aliphatic rings. The Morgan fingerprint density at radius 3 is 3.00 bits per heavy atom. The van der Waals surface area contributed by atoms with Crippen molar-refractivity contribution in [1.82, 2.24) is 9.97 Å². The lowest BCUT2D eigenvalue weighted by atomic mass is 9.86. The topological polar surface area (TPSA) is 84.1 Å². The van der Waals surface area contributed by atoms with Gasteiger partial charge in [-0.05, 0) is 18.4 Å². The molecule has 0 saturated heterocycles. The van der Waals surface area contributed by atoms with Gasteiger partial charge in [-0.3, -0.25) is 4.79 Å². The van der Waals surface area contributed by atoms with Gasteiger partial charge in [0, 0.05) is 16.3 Å². The van der Waals surface area contributed by atoms with E-state index in [4.69, 9.17) is 4.74 Å². The highest BCUT2D eigenvalue weighted by molar-refractivity contribution is 7.99. The molecule has 3 rings (SSSR count). The minimum absolute atomic E-state index is 0.267. The number of aromatic amines is 1. The zero-order valence-electron chi connectivity index (χ0n) is 13.8. The van der Waals surface area contributed by atoms with Crippen molar-refractivity contribution in [3.05, 3.63) is 62.2 Å². The Labute approximate surface area is 153 Å². The third-order valence-electron chi connectivity index (χ3n) is 3.79. The maximum Gasteiger partial charge on any atom is 0.336 e. The molecule has 2 aromatic rings. The number of ether oxygens (including phenoxy) is 1. The van der Waals surface area contributed by atoms with E-state index in [-0.39, 0.29) is 5.56 Å².